The molecule has 0 saturated carbocycles. The van der Waals surface area contributed by atoms with E-state index in [0.29, 0.717) is 12.2 Å². The van der Waals surface area contributed by atoms with Gasteiger partial charge in [0, 0.05) is 29.0 Å². The molecule has 6 heteroatoms. The third-order valence-electron chi connectivity index (χ3n) is 2.91. The third kappa shape index (κ3) is 5.16. The van der Waals surface area contributed by atoms with Crippen molar-refractivity contribution in [3.05, 3.63) is 70.3 Å². The minimum Gasteiger partial charge on any atom is -0.508 e. The van der Waals surface area contributed by atoms with Gasteiger partial charge in [0.05, 0.1) is 0 Å². The summed E-state index contributed by atoms with van der Waals surface area (Å²) in [5, 5.41) is 24.0. The lowest BCUT2D eigenvalue weighted by molar-refractivity contribution is -0.112. The fourth-order valence-electron chi connectivity index (χ4n) is 1.85. The number of amides is 1. The normalized spacial score (nSPS) is 10.7. The summed E-state index contributed by atoms with van der Waals surface area (Å²) in [6.45, 7) is 0.490. The number of halogens is 1. The molecule has 0 aliphatic carbocycles. The first-order valence-electron chi connectivity index (χ1n) is 6.77. The molecule has 3 N–H and O–H groups in total. The van der Waals surface area contributed by atoms with Gasteiger partial charge < -0.3 is 15.7 Å². The van der Waals surface area contributed by atoms with Gasteiger partial charge in [-0.3, -0.25) is 4.79 Å². The fraction of sp³-hybridized carbons (Fsp3) is 0.0588. The minimum atomic E-state index is -0.542. The molecule has 2 aromatic rings. The molecule has 23 heavy (non-hydrogen) atoms. The summed E-state index contributed by atoms with van der Waals surface area (Å²) in [6.07, 6.45) is 1.37. The number of phenols is 1. The third-order valence-corrected chi connectivity index (χ3v) is 3.40. The molecule has 116 valence electrons. The number of anilines is 1. The Kier molecular flexibility index (Phi) is 5.78. The summed E-state index contributed by atoms with van der Waals surface area (Å²) in [5.74, 6) is -0.502. The summed E-state index contributed by atoms with van der Waals surface area (Å²) in [5.41, 5.74) is 1.38. The van der Waals surface area contributed by atoms with Crippen molar-refractivity contribution >= 4 is 27.5 Å². The Morgan fingerprint density at radius 2 is 2.04 bits per heavy atom. The van der Waals surface area contributed by atoms with Gasteiger partial charge in [-0.05, 0) is 29.8 Å². The van der Waals surface area contributed by atoms with E-state index in [2.05, 4.69) is 26.6 Å². The number of carbonyl (C=O) groups excluding carboxylic acids is 1. The zero-order chi connectivity index (χ0) is 16.7. The van der Waals surface area contributed by atoms with Crippen molar-refractivity contribution < 1.29 is 9.90 Å². The summed E-state index contributed by atoms with van der Waals surface area (Å²) in [6, 6.07) is 15.7. The SMILES string of the molecule is N#C/C(=C/NCc1cccc(Br)c1)C(=O)Nc1cccc(O)c1. The molecule has 0 aromatic heterocycles. The Morgan fingerprint density at radius 1 is 1.26 bits per heavy atom. The predicted octanol–water partition coefficient (Wildman–Crippen LogP) is 3.29. The molecule has 0 aliphatic heterocycles. The number of carbonyl (C=O) groups is 1. The van der Waals surface area contributed by atoms with Crippen LogP contribution >= 0.6 is 15.9 Å². The quantitative estimate of drug-likeness (QED) is 0.556. The number of aromatic hydroxyl groups is 1. The molecule has 5 nitrogen and oxygen atoms in total. The lowest BCUT2D eigenvalue weighted by Crippen LogP contribution is -2.16. The topological polar surface area (TPSA) is 85.2 Å². The molecule has 0 unspecified atom stereocenters. The highest BCUT2D eigenvalue weighted by Gasteiger charge is 2.09. The Balaban J connectivity index is 1.98. The van der Waals surface area contributed by atoms with Crippen LogP contribution in [0.5, 0.6) is 5.75 Å². The molecule has 2 rings (SSSR count). The molecule has 0 heterocycles. The zero-order valence-electron chi connectivity index (χ0n) is 12.1. The van der Waals surface area contributed by atoms with E-state index in [0.717, 1.165) is 10.0 Å². The van der Waals surface area contributed by atoms with Crippen LogP contribution in [0.4, 0.5) is 5.69 Å². The van der Waals surface area contributed by atoms with Gasteiger partial charge in [0.1, 0.15) is 17.4 Å². The van der Waals surface area contributed by atoms with E-state index in [1.807, 2.05) is 30.3 Å². The molecule has 0 fully saturated rings. The molecule has 0 atom stereocenters. The fourth-order valence-corrected chi connectivity index (χ4v) is 2.30. The molecule has 0 radical (unpaired) electrons. The smallest absolute Gasteiger partial charge is 0.267 e. The molecule has 0 spiro atoms. The number of phenolic OH excluding ortho intramolecular Hbond substituents is 1. The van der Waals surface area contributed by atoms with Crippen LogP contribution in [0.2, 0.25) is 0 Å². The van der Waals surface area contributed by atoms with E-state index in [4.69, 9.17) is 5.26 Å². The number of hydrogen-bond donors (Lipinski definition) is 3. The van der Waals surface area contributed by atoms with Crippen molar-refractivity contribution in [2.24, 2.45) is 0 Å². The molecule has 0 saturated heterocycles. The van der Waals surface area contributed by atoms with Crippen LogP contribution in [0.3, 0.4) is 0 Å². The first-order valence-corrected chi connectivity index (χ1v) is 7.56. The van der Waals surface area contributed by atoms with E-state index >= 15 is 0 Å². The van der Waals surface area contributed by atoms with Crippen LogP contribution < -0.4 is 10.6 Å². The largest absolute Gasteiger partial charge is 0.508 e. The Labute approximate surface area is 142 Å². The first kappa shape index (κ1) is 16.6. The second-order valence-corrected chi connectivity index (χ2v) is 5.60. The monoisotopic (exact) mass is 371 g/mol. The Bertz CT molecular complexity index is 781. The van der Waals surface area contributed by atoms with Crippen molar-refractivity contribution in [1.29, 1.82) is 5.26 Å². The van der Waals surface area contributed by atoms with Crippen LogP contribution in [0.1, 0.15) is 5.56 Å². The maximum atomic E-state index is 12.0. The minimum absolute atomic E-state index is 0.0399. The van der Waals surface area contributed by atoms with E-state index in [9.17, 15) is 9.90 Å². The number of rotatable bonds is 5. The van der Waals surface area contributed by atoms with Crippen molar-refractivity contribution in [1.82, 2.24) is 5.32 Å². The number of nitrogens with one attached hydrogen (secondary N) is 2. The number of nitrogens with zero attached hydrogens (tertiary/aromatic N) is 1. The highest BCUT2D eigenvalue weighted by atomic mass is 79.9. The van der Waals surface area contributed by atoms with Gasteiger partial charge in [0.25, 0.3) is 5.91 Å². The molecular formula is C17H14BrN3O2. The lowest BCUT2D eigenvalue weighted by Gasteiger charge is -2.06. The average molecular weight is 372 g/mol. The van der Waals surface area contributed by atoms with Gasteiger partial charge in [0.15, 0.2) is 0 Å². The van der Waals surface area contributed by atoms with Gasteiger partial charge in [0.2, 0.25) is 0 Å². The van der Waals surface area contributed by atoms with E-state index in [1.54, 1.807) is 12.1 Å². The van der Waals surface area contributed by atoms with Crippen molar-refractivity contribution in [3.8, 4) is 11.8 Å². The zero-order valence-corrected chi connectivity index (χ0v) is 13.7. The second kappa shape index (κ2) is 8.01. The van der Waals surface area contributed by atoms with Crippen molar-refractivity contribution in [2.45, 2.75) is 6.54 Å². The van der Waals surface area contributed by atoms with Crippen LogP contribution in [0.15, 0.2) is 64.8 Å². The van der Waals surface area contributed by atoms with E-state index in [-0.39, 0.29) is 11.3 Å². The molecular weight excluding hydrogens is 358 g/mol. The summed E-state index contributed by atoms with van der Waals surface area (Å²) >= 11 is 3.38. The van der Waals surface area contributed by atoms with Gasteiger partial charge in [-0.2, -0.15) is 5.26 Å². The second-order valence-electron chi connectivity index (χ2n) is 4.69. The van der Waals surface area contributed by atoms with Crippen LogP contribution in [-0.2, 0) is 11.3 Å². The van der Waals surface area contributed by atoms with Crippen molar-refractivity contribution in [3.63, 3.8) is 0 Å². The maximum absolute atomic E-state index is 12.0. The van der Waals surface area contributed by atoms with Crippen LogP contribution in [0, 0.1) is 11.3 Å². The number of nitriles is 1. The Morgan fingerprint density at radius 3 is 2.74 bits per heavy atom. The lowest BCUT2D eigenvalue weighted by atomic mass is 10.2. The van der Waals surface area contributed by atoms with Gasteiger partial charge in [-0.15, -0.1) is 0 Å². The summed E-state index contributed by atoms with van der Waals surface area (Å²) in [4.78, 5) is 12.0. The van der Waals surface area contributed by atoms with E-state index in [1.165, 1.54) is 18.3 Å². The summed E-state index contributed by atoms with van der Waals surface area (Å²) in [7, 11) is 0. The summed E-state index contributed by atoms with van der Waals surface area (Å²) < 4.78 is 0.961. The average Bonchev–Trinajstić information content (AvgIpc) is 2.51. The predicted molar refractivity (Wildman–Crippen MR) is 91.4 cm³/mol. The standard InChI is InChI=1S/C17H14BrN3O2/c18-14-4-1-3-12(7-14)10-20-11-13(9-19)17(23)21-15-5-2-6-16(22)8-15/h1-8,11,20,22H,10H2,(H,21,23)/b13-11-. The van der Waals surface area contributed by atoms with Crippen LogP contribution in [-0.4, -0.2) is 11.0 Å². The molecule has 0 aliphatic rings. The first-order chi connectivity index (χ1) is 11.1. The molecule has 0 bridgehead atoms. The number of benzene rings is 2. The van der Waals surface area contributed by atoms with Crippen LogP contribution in [0.25, 0.3) is 0 Å². The maximum Gasteiger partial charge on any atom is 0.267 e. The van der Waals surface area contributed by atoms with Gasteiger partial charge in [-0.25, -0.2) is 0 Å². The van der Waals surface area contributed by atoms with Gasteiger partial charge in [-0.1, -0.05) is 34.1 Å². The molecule has 1 amide bonds. The van der Waals surface area contributed by atoms with Crippen molar-refractivity contribution in [2.75, 3.05) is 5.32 Å². The van der Waals surface area contributed by atoms with Gasteiger partial charge >= 0.3 is 0 Å². The molecule has 2 aromatic carbocycles. The Hall–Kier alpha value is -2.78. The highest BCUT2D eigenvalue weighted by Crippen LogP contribution is 2.16. The highest BCUT2D eigenvalue weighted by molar-refractivity contribution is 9.10. The van der Waals surface area contributed by atoms with E-state index < -0.39 is 5.91 Å². The number of hydrogen-bond acceptors (Lipinski definition) is 4.